The number of aryl methyl sites for hydroxylation is 1. The summed E-state index contributed by atoms with van der Waals surface area (Å²) in [7, 11) is 10.2. The van der Waals surface area contributed by atoms with Crippen molar-refractivity contribution in [2.45, 2.75) is 224 Å². The van der Waals surface area contributed by atoms with Gasteiger partial charge in [-0.1, -0.05) is 89.3 Å². The van der Waals surface area contributed by atoms with Gasteiger partial charge < -0.3 is 54.7 Å². The van der Waals surface area contributed by atoms with E-state index in [0.29, 0.717) is 24.8 Å². The molecule has 1 aromatic carbocycles. The molecule has 0 spiro atoms. The van der Waals surface area contributed by atoms with Gasteiger partial charge in [0.1, 0.15) is 53.9 Å². The highest BCUT2D eigenvalue weighted by atomic mass is 35.5. The maximum Gasteiger partial charge on any atom is 0.417 e. The number of carbonyl (C=O) groups is 11. The summed E-state index contributed by atoms with van der Waals surface area (Å²) in [6.45, 7) is 11.0. The molecule has 2 saturated carbocycles. The lowest BCUT2D eigenvalue weighted by Gasteiger charge is -2.45. The molecule has 2 aliphatic carbocycles. The molecule has 5 fully saturated rings. The second kappa shape index (κ2) is 30.9. The fourth-order valence-corrected chi connectivity index (χ4v) is 13.4. The van der Waals surface area contributed by atoms with Crippen LogP contribution in [0.25, 0.3) is 0 Å². The van der Waals surface area contributed by atoms with Crippen LogP contribution in [0.3, 0.4) is 0 Å². The third-order valence-electron chi connectivity index (χ3n) is 20.7. The average molecular weight is 1300 g/mol. The van der Waals surface area contributed by atoms with Crippen molar-refractivity contribution in [3.05, 3.63) is 34.3 Å². The summed E-state index contributed by atoms with van der Waals surface area (Å²) in [5.41, 5.74) is -2.38. The van der Waals surface area contributed by atoms with Gasteiger partial charge in [0, 0.05) is 74.9 Å². The fourth-order valence-electron chi connectivity index (χ4n) is 13.1. The van der Waals surface area contributed by atoms with Crippen molar-refractivity contribution in [3.63, 3.8) is 0 Å². The first-order valence-electron chi connectivity index (χ1n) is 32.5. The lowest BCUT2D eigenvalue weighted by molar-refractivity contribution is -0.160. The Morgan fingerprint density at radius 1 is 0.615 bits per heavy atom. The van der Waals surface area contributed by atoms with Crippen molar-refractivity contribution in [3.8, 4) is 0 Å². The van der Waals surface area contributed by atoms with E-state index in [1.54, 1.807) is 13.8 Å². The highest BCUT2D eigenvalue weighted by Gasteiger charge is 2.49. The van der Waals surface area contributed by atoms with Gasteiger partial charge in [0.25, 0.3) is 0 Å². The summed E-state index contributed by atoms with van der Waals surface area (Å²) < 4.78 is 41.4. The summed E-state index contributed by atoms with van der Waals surface area (Å²) in [6, 6.07) is -6.60. The zero-order valence-electron chi connectivity index (χ0n) is 55.8. The van der Waals surface area contributed by atoms with E-state index in [1.807, 2.05) is 6.92 Å². The molecule has 3 aliphatic heterocycles. The van der Waals surface area contributed by atoms with Gasteiger partial charge in [0.15, 0.2) is 0 Å². The number of amides is 11. The van der Waals surface area contributed by atoms with Crippen LogP contribution >= 0.6 is 11.6 Å². The van der Waals surface area contributed by atoms with Crippen LogP contribution in [0.1, 0.15) is 162 Å². The van der Waals surface area contributed by atoms with Crippen LogP contribution in [0, 0.1) is 17.8 Å². The van der Waals surface area contributed by atoms with Crippen molar-refractivity contribution in [1.82, 2.24) is 54.7 Å². The second-order valence-corrected chi connectivity index (χ2v) is 27.4. The van der Waals surface area contributed by atoms with E-state index < -0.39 is 154 Å². The van der Waals surface area contributed by atoms with Gasteiger partial charge in [0.05, 0.1) is 17.1 Å². The summed E-state index contributed by atoms with van der Waals surface area (Å²) in [6.07, 6.45) is 3.55. The molecule has 0 aromatic heterocycles. The number of rotatable bonds is 9. The van der Waals surface area contributed by atoms with Gasteiger partial charge in [0.2, 0.25) is 65.0 Å². The Morgan fingerprint density at radius 2 is 1.20 bits per heavy atom. The number of benzene rings is 1. The number of likely N-dealkylation sites (N-methyl/N-ethyl adjacent to an activating group) is 7. The first kappa shape index (κ1) is 73.5. The number of nitrogens with one attached hydrogen (secondary N) is 2. The standard InChI is InChI=1S/C65H99ClF3N11O11/c1-15-38(2)54-62(90)75(11)41(5)56(84)80-32-30-49(80)59(87)76(12)50(35-42-21-17-16-18-22-42)58(86)72(8)37-52(81)70-47(29-27-44-26-28-45(46(66)34-44)65(67,68)69)57(85)79-31-20-25-48(79)61(89)78(14)64(6,7)63(91)77(13)51(36-43-23-19-24-43)60(88)73(9)39(3)33-53(82)74(10)40(4)55(83)71-54/h26,28,34,38-43,47-51,54H,15-25,27,29-33,35-37H2,1-14H3,(H,70,81)(H,71,83)/t38-,39+,40-,41-,47-,48-,49-,50-,51-,54-/m0/s1. The molecule has 0 unspecified atom stereocenters. The highest BCUT2D eigenvalue weighted by molar-refractivity contribution is 6.31. The minimum absolute atomic E-state index is 0.0388. The zero-order chi connectivity index (χ0) is 67.9. The number of hydrogen-bond acceptors (Lipinski definition) is 11. The fraction of sp³-hybridized carbons (Fsp3) is 0.738. The molecule has 2 N–H and O–H groups in total. The van der Waals surface area contributed by atoms with Crippen LogP contribution in [-0.4, -0.2) is 238 Å². The maximum absolute atomic E-state index is 15.1. The van der Waals surface area contributed by atoms with Gasteiger partial charge in [-0.15, -0.1) is 0 Å². The van der Waals surface area contributed by atoms with Crippen LogP contribution < -0.4 is 10.6 Å². The van der Waals surface area contributed by atoms with E-state index in [4.69, 9.17) is 11.6 Å². The molecule has 11 amide bonds. The Bertz CT molecular complexity index is 2870. The Kier molecular flexibility index (Phi) is 25.0. The normalized spacial score (nSPS) is 28.6. The molecule has 22 nitrogen and oxygen atoms in total. The van der Waals surface area contributed by atoms with Crippen LogP contribution in [-0.2, 0) is 65.3 Å². The Balaban J connectivity index is 1.37. The number of alkyl halides is 3. The monoisotopic (exact) mass is 1300 g/mol. The number of halogens is 4. The van der Waals surface area contributed by atoms with E-state index in [-0.39, 0.29) is 63.5 Å². The Hall–Kier alpha value is -6.53. The summed E-state index contributed by atoms with van der Waals surface area (Å²) >= 11 is 6.13. The smallest absolute Gasteiger partial charge is 0.343 e. The van der Waals surface area contributed by atoms with E-state index in [0.717, 1.165) is 68.4 Å². The molecular formula is C65H99ClF3N11O11. The van der Waals surface area contributed by atoms with Crippen LogP contribution in [0.15, 0.2) is 18.2 Å². The highest BCUT2D eigenvalue weighted by Crippen LogP contribution is 2.37. The molecule has 0 radical (unpaired) electrons. The molecule has 508 valence electrons. The predicted molar refractivity (Wildman–Crippen MR) is 335 cm³/mol. The van der Waals surface area contributed by atoms with Crippen LogP contribution in [0.4, 0.5) is 13.2 Å². The van der Waals surface area contributed by atoms with Crippen LogP contribution in [0.2, 0.25) is 5.02 Å². The average Bonchev–Trinajstić information content (AvgIpc) is 1.60. The molecule has 91 heavy (non-hydrogen) atoms. The molecule has 26 heteroatoms. The summed E-state index contributed by atoms with van der Waals surface area (Å²) in [5.74, 6) is -6.82. The third-order valence-corrected chi connectivity index (χ3v) is 21.0. The first-order chi connectivity index (χ1) is 42.5. The van der Waals surface area contributed by atoms with Crippen molar-refractivity contribution < 1.29 is 65.9 Å². The maximum atomic E-state index is 15.1. The van der Waals surface area contributed by atoms with Crippen molar-refractivity contribution >= 4 is 76.6 Å². The number of fused-ring (bicyclic) bond motifs is 2. The lowest BCUT2D eigenvalue weighted by atomic mass is 9.80. The summed E-state index contributed by atoms with van der Waals surface area (Å²) in [5, 5.41) is 5.03. The molecular weight excluding hydrogens is 1200 g/mol. The largest absolute Gasteiger partial charge is 0.417 e. The SMILES string of the molecule is CC[C@H](C)[C@@H]1NC(=O)[C@H](C)N(C)C(=O)C[C@@H](C)N(C)C(=O)[C@H](CC2CCC2)N(C)C(=O)C(C)(C)N(C)C(=O)[C@@H]2CCCN2C(=O)[C@H](CCc2ccc(C(F)(F)F)c(Cl)c2)NC(=O)CN(C)C(=O)[C@H](CC2CCCCC2)N(C)C(=O)[C@@H]2CCN2C(=O)[C@H](C)N(C)C1=O. The van der Waals surface area contributed by atoms with Crippen molar-refractivity contribution in [2.75, 3.05) is 69.0 Å². The van der Waals surface area contributed by atoms with Crippen LogP contribution in [0.5, 0.6) is 0 Å². The van der Waals surface area contributed by atoms with Gasteiger partial charge in [-0.05, 0) is 115 Å². The molecule has 1 aromatic rings. The first-order valence-corrected chi connectivity index (χ1v) is 32.8. The molecule has 10 atom stereocenters. The van der Waals surface area contributed by atoms with Crippen molar-refractivity contribution in [1.29, 1.82) is 0 Å². The van der Waals surface area contributed by atoms with E-state index in [1.165, 1.54) is 122 Å². The number of hydrogen-bond donors (Lipinski definition) is 2. The zero-order valence-corrected chi connectivity index (χ0v) is 56.6. The molecule has 0 bridgehead atoms. The molecule has 6 rings (SSSR count). The number of nitrogens with zero attached hydrogens (tertiary/aromatic N) is 9. The van der Waals surface area contributed by atoms with E-state index in [9.17, 15) is 61.1 Å². The summed E-state index contributed by atoms with van der Waals surface area (Å²) in [4.78, 5) is 172. The van der Waals surface area contributed by atoms with Crippen molar-refractivity contribution in [2.24, 2.45) is 17.8 Å². The van der Waals surface area contributed by atoms with Gasteiger partial charge >= 0.3 is 6.18 Å². The van der Waals surface area contributed by atoms with Gasteiger partial charge in [-0.3, -0.25) is 52.7 Å². The third kappa shape index (κ3) is 17.0. The second-order valence-electron chi connectivity index (χ2n) is 27.0. The van der Waals surface area contributed by atoms with E-state index >= 15 is 4.79 Å². The minimum atomic E-state index is -4.74. The molecule has 3 saturated heterocycles. The lowest BCUT2D eigenvalue weighted by Crippen LogP contribution is -2.65. The predicted octanol–water partition coefficient (Wildman–Crippen LogP) is 5.35. The Morgan fingerprint density at radius 3 is 1.75 bits per heavy atom. The quantitative estimate of drug-likeness (QED) is 0.319. The Labute approximate surface area is 539 Å². The van der Waals surface area contributed by atoms with E-state index in [2.05, 4.69) is 10.6 Å². The van der Waals surface area contributed by atoms with Gasteiger partial charge in [-0.25, -0.2) is 0 Å². The molecule has 3 heterocycles. The topological polar surface area (TPSA) is 241 Å². The minimum Gasteiger partial charge on any atom is -0.343 e. The van der Waals surface area contributed by atoms with Gasteiger partial charge in [-0.2, -0.15) is 13.2 Å². The number of carbonyl (C=O) groups excluding carboxylic acids is 11. The molecule has 5 aliphatic rings.